The second-order valence-electron chi connectivity index (χ2n) is 4.58. The zero-order valence-electron chi connectivity index (χ0n) is 11.3. The highest BCUT2D eigenvalue weighted by molar-refractivity contribution is 5.79. The van der Waals surface area contributed by atoms with Crippen molar-refractivity contribution in [3.8, 4) is 11.5 Å². The Bertz CT molecular complexity index is 447. The van der Waals surface area contributed by atoms with E-state index in [-0.39, 0.29) is 11.9 Å². The van der Waals surface area contributed by atoms with Crippen LogP contribution in [0.3, 0.4) is 0 Å². The summed E-state index contributed by atoms with van der Waals surface area (Å²) in [5.74, 6) is 1.42. The molecule has 1 unspecified atom stereocenters. The number of methoxy groups -OCH3 is 1. The summed E-state index contributed by atoms with van der Waals surface area (Å²) in [5, 5.41) is 2.87. The molecule has 0 bridgehead atoms. The Hall–Kier alpha value is -1.75. The smallest absolute Gasteiger partial charge is 0.224 e. The average molecular weight is 265 g/mol. The fraction of sp³-hybridized carbons (Fsp3) is 0.500. The van der Waals surface area contributed by atoms with Gasteiger partial charge in [-0.3, -0.25) is 4.79 Å². The number of nitrogens with one attached hydrogen (secondary N) is 1. The second-order valence-corrected chi connectivity index (χ2v) is 4.58. The van der Waals surface area contributed by atoms with Gasteiger partial charge in [-0.2, -0.15) is 0 Å². The third-order valence-corrected chi connectivity index (χ3v) is 2.80. The minimum absolute atomic E-state index is 0.00899. The molecule has 0 radical (unpaired) electrons. The molecule has 5 heteroatoms. The minimum atomic E-state index is -0.0266. The van der Waals surface area contributed by atoms with Crippen molar-refractivity contribution in [2.45, 2.75) is 19.4 Å². The summed E-state index contributed by atoms with van der Waals surface area (Å²) in [7, 11) is 1.61. The molecule has 0 saturated carbocycles. The maximum atomic E-state index is 11.8. The van der Waals surface area contributed by atoms with Crippen molar-refractivity contribution in [1.29, 1.82) is 0 Å². The number of hydrogen-bond donors (Lipinski definition) is 1. The monoisotopic (exact) mass is 265 g/mol. The van der Waals surface area contributed by atoms with Crippen molar-refractivity contribution in [1.82, 2.24) is 5.32 Å². The summed E-state index contributed by atoms with van der Waals surface area (Å²) in [6.07, 6.45) is 0.324. The topological polar surface area (TPSA) is 56.8 Å². The molecule has 0 saturated heterocycles. The van der Waals surface area contributed by atoms with Crippen LogP contribution in [0.1, 0.15) is 12.5 Å². The first-order valence-electron chi connectivity index (χ1n) is 6.36. The van der Waals surface area contributed by atoms with E-state index in [1.165, 1.54) is 0 Å². The van der Waals surface area contributed by atoms with E-state index >= 15 is 0 Å². The predicted molar refractivity (Wildman–Crippen MR) is 70.6 cm³/mol. The first kappa shape index (κ1) is 13.7. The Kier molecular flexibility index (Phi) is 4.63. The molecule has 0 fully saturated rings. The Morgan fingerprint density at radius 2 is 2.11 bits per heavy atom. The van der Waals surface area contributed by atoms with E-state index in [0.717, 1.165) is 11.3 Å². The lowest BCUT2D eigenvalue weighted by Crippen LogP contribution is -2.36. The summed E-state index contributed by atoms with van der Waals surface area (Å²) in [6.45, 7) is 3.53. The van der Waals surface area contributed by atoms with Gasteiger partial charge in [-0.15, -0.1) is 0 Å². The molecule has 1 N–H and O–H groups in total. The lowest BCUT2D eigenvalue weighted by Gasteiger charge is -2.19. The van der Waals surface area contributed by atoms with E-state index in [0.29, 0.717) is 32.0 Å². The molecule has 0 aromatic heterocycles. The highest BCUT2D eigenvalue weighted by Gasteiger charge is 2.13. The number of ether oxygens (including phenoxy) is 3. The van der Waals surface area contributed by atoms with Gasteiger partial charge in [-0.1, -0.05) is 6.07 Å². The van der Waals surface area contributed by atoms with Crippen molar-refractivity contribution in [3.05, 3.63) is 23.8 Å². The zero-order valence-corrected chi connectivity index (χ0v) is 11.3. The van der Waals surface area contributed by atoms with E-state index in [2.05, 4.69) is 5.32 Å². The fourth-order valence-corrected chi connectivity index (χ4v) is 2.00. The van der Waals surface area contributed by atoms with Crippen LogP contribution in [0.2, 0.25) is 0 Å². The molecular weight excluding hydrogens is 246 g/mol. The number of hydrogen-bond acceptors (Lipinski definition) is 4. The van der Waals surface area contributed by atoms with E-state index < -0.39 is 0 Å². The summed E-state index contributed by atoms with van der Waals surface area (Å²) in [6, 6.07) is 5.59. The van der Waals surface area contributed by atoms with Crippen molar-refractivity contribution in [2.75, 3.05) is 26.9 Å². The number of amides is 1. The molecule has 104 valence electrons. The highest BCUT2D eigenvalue weighted by atomic mass is 16.6. The van der Waals surface area contributed by atoms with Gasteiger partial charge in [-0.05, 0) is 24.6 Å². The predicted octanol–water partition coefficient (Wildman–Crippen LogP) is 1.15. The van der Waals surface area contributed by atoms with Gasteiger partial charge in [-0.25, -0.2) is 0 Å². The van der Waals surface area contributed by atoms with Crippen LogP contribution in [0, 0.1) is 0 Å². The zero-order chi connectivity index (χ0) is 13.7. The third kappa shape index (κ3) is 3.86. The van der Waals surface area contributed by atoms with Crippen LogP contribution in [0.4, 0.5) is 0 Å². The first-order valence-corrected chi connectivity index (χ1v) is 6.36. The normalized spacial score (nSPS) is 14.8. The maximum absolute atomic E-state index is 11.8. The lowest BCUT2D eigenvalue weighted by molar-refractivity contribution is -0.121. The van der Waals surface area contributed by atoms with Crippen LogP contribution in [-0.2, 0) is 16.0 Å². The van der Waals surface area contributed by atoms with Gasteiger partial charge in [0.25, 0.3) is 0 Å². The van der Waals surface area contributed by atoms with Crippen molar-refractivity contribution < 1.29 is 19.0 Å². The Morgan fingerprint density at radius 3 is 2.84 bits per heavy atom. The molecule has 0 aliphatic carbocycles. The molecule has 1 amide bonds. The third-order valence-electron chi connectivity index (χ3n) is 2.80. The van der Waals surface area contributed by atoms with E-state index in [1.54, 1.807) is 7.11 Å². The standard InChI is InChI=1S/C14H19NO4/c1-10(9-17-2)15-14(16)8-11-3-4-12-13(7-11)19-6-5-18-12/h3-4,7,10H,5-6,8-9H2,1-2H3,(H,15,16). The van der Waals surface area contributed by atoms with Gasteiger partial charge in [0.1, 0.15) is 13.2 Å². The van der Waals surface area contributed by atoms with Crippen molar-refractivity contribution in [2.24, 2.45) is 0 Å². The SMILES string of the molecule is COCC(C)NC(=O)Cc1ccc2c(c1)OCCO2. The second kappa shape index (κ2) is 6.43. The number of rotatable bonds is 5. The largest absolute Gasteiger partial charge is 0.486 e. The Morgan fingerprint density at radius 1 is 1.37 bits per heavy atom. The average Bonchev–Trinajstić information content (AvgIpc) is 2.38. The van der Waals surface area contributed by atoms with Crippen molar-refractivity contribution in [3.63, 3.8) is 0 Å². The highest BCUT2D eigenvalue weighted by Crippen LogP contribution is 2.30. The number of benzene rings is 1. The fourth-order valence-electron chi connectivity index (χ4n) is 2.00. The Labute approximate surface area is 112 Å². The number of fused-ring (bicyclic) bond motifs is 1. The minimum Gasteiger partial charge on any atom is -0.486 e. The van der Waals surface area contributed by atoms with Crippen LogP contribution < -0.4 is 14.8 Å². The number of carbonyl (C=O) groups excluding carboxylic acids is 1. The summed E-state index contributed by atoms with van der Waals surface area (Å²) >= 11 is 0. The molecule has 0 spiro atoms. The van der Waals surface area contributed by atoms with Gasteiger partial charge in [0.05, 0.1) is 13.0 Å². The summed E-state index contributed by atoms with van der Waals surface area (Å²) < 4.78 is 15.9. The molecule has 1 atom stereocenters. The van der Waals surface area contributed by atoms with E-state index in [4.69, 9.17) is 14.2 Å². The quantitative estimate of drug-likeness (QED) is 0.867. The number of carbonyl (C=O) groups is 1. The molecule has 19 heavy (non-hydrogen) atoms. The lowest BCUT2D eigenvalue weighted by atomic mass is 10.1. The molecule has 5 nitrogen and oxygen atoms in total. The summed E-state index contributed by atoms with van der Waals surface area (Å²) in [5.41, 5.74) is 0.909. The molecule has 1 aliphatic heterocycles. The van der Waals surface area contributed by atoms with Gasteiger partial charge in [0.15, 0.2) is 11.5 Å². The van der Waals surface area contributed by atoms with Crippen LogP contribution in [0.5, 0.6) is 11.5 Å². The van der Waals surface area contributed by atoms with Crippen molar-refractivity contribution >= 4 is 5.91 Å². The van der Waals surface area contributed by atoms with Gasteiger partial charge in [0, 0.05) is 13.2 Å². The Balaban J connectivity index is 1.93. The van der Waals surface area contributed by atoms with Crippen LogP contribution in [0.15, 0.2) is 18.2 Å². The molecule has 1 heterocycles. The molecule has 1 aromatic carbocycles. The molecule has 2 rings (SSSR count). The summed E-state index contributed by atoms with van der Waals surface area (Å²) in [4.78, 5) is 11.8. The van der Waals surface area contributed by atoms with E-state index in [9.17, 15) is 4.79 Å². The van der Waals surface area contributed by atoms with Gasteiger partial charge in [0.2, 0.25) is 5.91 Å². The van der Waals surface area contributed by atoms with Crippen LogP contribution >= 0.6 is 0 Å². The first-order chi connectivity index (χ1) is 9.19. The van der Waals surface area contributed by atoms with Crippen LogP contribution in [-0.4, -0.2) is 38.9 Å². The maximum Gasteiger partial charge on any atom is 0.224 e. The van der Waals surface area contributed by atoms with Gasteiger partial charge >= 0.3 is 0 Å². The molecular formula is C14H19NO4. The van der Waals surface area contributed by atoms with Crippen LogP contribution in [0.25, 0.3) is 0 Å². The van der Waals surface area contributed by atoms with E-state index in [1.807, 2.05) is 25.1 Å². The molecule has 1 aliphatic rings. The van der Waals surface area contributed by atoms with Gasteiger partial charge < -0.3 is 19.5 Å². The molecule has 1 aromatic rings.